The number of aromatic nitrogens is 1. The molecule has 1 atom stereocenters. The summed E-state index contributed by atoms with van der Waals surface area (Å²) in [5, 5.41) is 12.6. The van der Waals surface area contributed by atoms with E-state index < -0.39 is 11.8 Å². The lowest BCUT2D eigenvalue weighted by molar-refractivity contribution is -0.136. The predicted molar refractivity (Wildman–Crippen MR) is 121 cm³/mol. The van der Waals surface area contributed by atoms with Gasteiger partial charge in [0.25, 0.3) is 0 Å². The van der Waals surface area contributed by atoms with E-state index >= 15 is 4.39 Å². The average Bonchev–Trinajstić information content (AvgIpc) is 3.39. The highest BCUT2D eigenvalue weighted by Crippen LogP contribution is 2.40. The summed E-state index contributed by atoms with van der Waals surface area (Å²) in [6, 6.07) is 17.1. The number of hydrogen-bond donors (Lipinski definition) is 2. The molecule has 0 fully saturated rings. The van der Waals surface area contributed by atoms with E-state index in [9.17, 15) is 4.79 Å². The van der Waals surface area contributed by atoms with E-state index in [0.29, 0.717) is 41.1 Å². The molecule has 1 aromatic heterocycles. The third kappa shape index (κ3) is 3.66. The topological polar surface area (TPSA) is 75.4 Å². The van der Waals surface area contributed by atoms with Crippen molar-refractivity contribution in [2.45, 2.75) is 25.3 Å². The molecular formula is C25H20ClFN2O3. The zero-order chi connectivity index (χ0) is 22.2. The SMILES string of the molecule is O=C(O)CCN[C@@H]1CCc2c1cc1nc(-c3cccc(-c4ccccc4)c3Cl)oc1c2F. The number of hydrogen-bond acceptors (Lipinski definition) is 4. The Bertz CT molecular complexity index is 1320. The molecule has 0 saturated carbocycles. The number of rotatable bonds is 6. The molecule has 0 amide bonds. The minimum Gasteiger partial charge on any atom is -0.481 e. The summed E-state index contributed by atoms with van der Waals surface area (Å²) in [4.78, 5) is 15.3. The van der Waals surface area contributed by atoms with Crippen molar-refractivity contribution in [1.82, 2.24) is 10.3 Å². The molecule has 0 unspecified atom stereocenters. The molecule has 1 heterocycles. The number of benzene rings is 3. The quantitative estimate of drug-likeness (QED) is 0.376. The second-order valence-electron chi connectivity index (χ2n) is 7.85. The number of aliphatic carboxylic acids is 1. The van der Waals surface area contributed by atoms with Crippen LogP contribution in [0, 0.1) is 5.82 Å². The van der Waals surface area contributed by atoms with Crippen molar-refractivity contribution in [3.05, 3.63) is 76.6 Å². The fourth-order valence-electron chi connectivity index (χ4n) is 4.31. The molecule has 4 aromatic rings. The summed E-state index contributed by atoms with van der Waals surface area (Å²) in [6.45, 7) is 0.324. The number of nitrogens with zero attached hydrogens (tertiary/aromatic N) is 1. The van der Waals surface area contributed by atoms with Crippen LogP contribution in [0.25, 0.3) is 33.7 Å². The van der Waals surface area contributed by atoms with E-state index in [2.05, 4.69) is 10.3 Å². The van der Waals surface area contributed by atoms with E-state index in [1.54, 1.807) is 6.07 Å². The van der Waals surface area contributed by atoms with Gasteiger partial charge in [0.2, 0.25) is 5.89 Å². The van der Waals surface area contributed by atoms with Crippen LogP contribution in [-0.4, -0.2) is 22.6 Å². The van der Waals surface area contributed by atoms with Crippen LogP contribution in [-0.2, 0) is 11.2 Å². The Morgan fingerprint density at radius 3 is 2.75 bits per heavy atom. The Morgan fingerprint density at radius 2 is 1.97 bits per heavy atom. The van der Waals surface area contributed by atoms with Gasteiger partial charge in [0.1, 0.15) is 5.52 Å². The standard InChI is InChI=1S/C25H20ClFN2O3/c26-22-15(14-5-2-1-3-6-14)7-4-8-17(22)25-29-20-13-18-16(23(27)24(20)32-25)9-10-19(18)28-12-11-21(30)31/h1-8,13,19,28H,9-12H2,(H,30,31)/t19-/m1/s1. The third-order valence-electron chi connectivity index (χ3n) is 5.86. The van der Waals surface area contributed by atoms with Gasteiger partial charge in [-0.25, -0.2) is 9.37 Å². The molecule has 0 spiro atoms. The van der Waals surface area contributed by atoms with Gasteiger partial charge in [-0.15, -0.1) is 0 Å². The first-order chi connectivity index (χ1) is 15.5. The zero-order valence-corrected chi connectivity index (χ0v) is 17.8. The van der Waals surface area contributed by atoms with Gasteiger partial charge in [0.15, 0.2) is 11.4 Å². The predicted octanol–water partition coefficient (Wildman–Crippen LogP) is 6.01. The number of fused-ring (bicyclic) bond motifs is 2. The number of oxazole rings is 1. The highest BCUT2D eigenvalue weighted by atomic mass is 35.5. The van der Waals surface area contributed by atoms with Crippen LogP contribution in [0.5, 0.6) is 0 Å². The van der Waals surface area contributed by atoms with Crippen LogP contribution in [0.15, 0.2) is 59.0 Å². The fourth-order valence-corrected chi connectivity index (χ4v) is 4.63. The van der Waals surface area contributed by atoms with Crippen molar-refractivity contribution in [3.8, 4) is 22.6 Å². The smallest absolute Gasteiger partial charge is 0.304 e. The summed E-state index contributed by atoms with van der Waals surface area (Å²) < 4.78 is 21.1. The van der Waals surface area contributed by atoms with E-state index in [-0.39, 0.29) is 23.9 Å². The Balaban J connectivity index is 1.53. The van der Waals surface area contributed by atoms with E-state index in [4.69, 9.17) is 21.1 Å². The molecule has 162 valence electrons. The molecule has 32 heavy (non-hydrogen) atoms. The first-order valence-corrected chi connectivity index (χ1v) is 10.8. The van der Waals surface area contributed by atoms with E-state index in [1.807, 2.05) is 48.5 Å². The second-order valence-corrected chi connectivity index (χ2v) is 8.23. The largest absolute Gasteiger partial charge is 0.481 e. The van der Waals surface area contributed by atoms with Crippen LogP contribution in [0.2, 0.25) is 5.02 Å². The fraction of sp³-hybridized carbons (Fsp3) is 0.200. The van der Waals surface area contributed by atoms with Gasteiger partial charge >= 0.3 is 5.97 Å². The number of carboxylic acids is 1. The monoisotopic (exact) mass is 450 g/mol. The molecular weight excluding hydrogens is 431 g/mol. The zero-order valence-electron chi connectivity index (χ0n) is 17.1. The van der Waals surface area contributed by atoms with E-state index in [0.717, 1.165) is 16.7 Å². The number of halogens is 2. The summed E-state index contributed by atoms with van der Waals surface area (Å²) >= 11 is 6.70. The molecule has 5 nitrogen and oxygen atoms in total. The number of carboxylic acid groups (broad SMARTS) is 1. The summed E-state index contributed by atoms with van der Waals surface area (Å²) in [5.41, 5.74) is 4.35. The highest BCUT2D eigenvalue weighted by Gasteiger charge is 2.29. The Hall–Kier alpha value is -3.22. The Morgan fingerprint density at radius 1 is 1.19 bits per heavy atom. The first-order valence-electron chi connectivity index (χ1n) is 10.4. The van der Waals surface area contributed by atoms with Crippen molar-refractivity contribution in [1.29, 1.82) is 0 Å². The van der Waals surface area contributed by atoms with Gasteiger partial charge in [-0.05, 0) is 41.7 Å². The maximum absolute atomic E-state index is 15.3. The second kappa shape index (κ2) is 8.37. The van der Waals surface area contributed by atoms with Gasteiger partial charge in [0.05, 0.1) is 17.0 Å². The lowest BCUT2D eigenvalue weighted by Crippen LogP contribution is -2.22. The Kier molecular flexibility index (Phi) is 5.41. The minimum atomic E-state index is -0.867. The van der Waals surface area contributed by atoms with Crippen molar-refractivity contribution in [3.63, 3.8) is 0 Å². The molecule has 1 aliphatic rings. The summed E-state index contributed by atoms with van der Waals surface area (Å²) in [7, 11) is 0. The number of nitrogens with one attached hydrogen (secondary N) is 1. The Labute approximate surface area is 188 Å². The van der Waals surface area contributed by atoms with Crippen molar-refractivity contribution in [2.24, 2.45) is 0 Å². The maximum Gasteiger partial charge on any atom is 0.304 e. The molecule has 0 bridgehead atoms. The third-order valence-corrected chi connectivity index (χ3v) is 6.27. The van der Waals surface area contributed by atoms with Crippen LogP contribution < -0.4 is 5.32 Å². The lowest BCUT2D eigenvalue weighted by Gasteiger charge is -2.13. The molecule has 3 aromatic carbocycles. The number of carbonyl (C=O) groups is 1. The van der Waals surface area contributed by atoms with Gasteiger partial charge in [-0.3, -0.25) is 4.79 Å². The van der Waals surface area contributed by atoms with Crippen LogP contribution in [0.4, 0.5) is 4.39 Å². The molecule has 5 rings (SSSR count). The van der Waals surface area contributed by atoms with Gasteiger partial charge < -0.3 is 14.8 Å². The van der Waals surface area contributed by atoms with Gasteiger partial charge in [-0.2, -0.15) is 0 Å². The van der Waals surface area contributed by atoms with E-state index in [1.165, 1.54) is 0 Å². The minimum absolute atomic E-state index is 0.0148. The van der Waals surface area contributed by atoms with Crippen molar-refractivity contribution in [2.75, 3.05) is 6.54 Å². The van der Waals surface area contributed by atoms with Crippen molar-refractivity contribution < 1.29 is 18.7 Å². The molecule has 0 saturated heterocycles. The summed E-state index contributed by atoms with van der Waals surface area (Å²) in [5.74, 6) is -1.01. The van der Waals surface area contributed by atoms with Crippen LogP contribution in [0.3, 0.4) is 0 Å². The molecule has 2 N–H and O–H groups in total. The molecule has 1 aliphatic carbocycles. The molecule has 7 heteroatoms. The van der Waals surface area contributed by atoms with Crippen LogP contribution in [0.1, 0.15) is 30.0 Å². The van der Waals surface area contributed by atoms with Gasteiger partial charge in [0, 0.05) is 18.2 Å². The molecule has 0 aliphatic heterocycles. The van der Waals surface area contributed by atoms with Crippen LogP contribution >= 0.6 is 11.6 Å². The first kappa shape index (κ1) is 20.7. The maximum atomic E-state index is 15.3. The highest BCUT2D eigenvalue weighted by molar-refractivity contribution is 6.36. The molecule has 0 radical (unpaired) electrons. The average molecular weight is 451 g/mol. The normalized spacial score (nSPS) is 15.2. The lowest BCUT2D eigenvalue weighted by atomic mass is 10.0. The van der Waals surface area contributed by atoms with Crippen molar-refractivity contribution >= 4 is 28.7 Å². The van der Waals surface area contributed by atoms with Gasteiger partial charge in [-0.1, -0.05) is 54.1 Å². The summed E-state index contributed by atoms with van der Waals surface area (Å²) in [6.07, 6.45) is 1.28.